The molecule has 0 spiro atoms. The van der Waals surface area contributed by atoms with E-state index in [4.69, 9.17) is 5.11 Å². The predicted molar refractivity (Wildman–Crippen MR) is 99.8 cm³/mol. The zero-order chi connectivity index (χ0) is 19.3. The van der Waals surface area contributed by atoms with Gasteiger partial charge in [-0.3, -0.25) is 10.6 Å². The molecule has 0 bridgehead atoms. The van der Waals surface area contributed by atoms with Gasteiger partial charge in [0.05, 0.1) is 24.4 Å². The summed E-state index contributed by atoms with van der Waals surface area (Å²) in [7, 11) is 0. The van der Waals surface area contributed by atoms with Gasteiger partial charge in [0.2, 0.25) is 5.92 Å². The number of aliphatic hydroxyl groups is 1. The molecule has 1 aliphatic heterocycles. The second-order valence-corrected chi connectivity index (χ2v) is 7.43. The Morgan fingerprint density at radius 2 is 2.00 bits per heavy atom. The molecule has 11 heteroatoms. The molecule has 27 heavy (non-hydrogen) atoms. The minimum absolute atomic E-state index is 0.0158. The molecule has 1 heterocycles. The fourth-order valence-electron chi connectivity index (χ4n) is 3.00. The Bertz CT molecular complexity index is 638. The van der Waals surface area contributed by atoms with Crippen LogP contribution in [0.3, 0.4) is 0 Å². The number of nitrogens with one attached hydrogen (secondary N) is 3. The number of halogens is 2. The standard InChI is InChI=1S/C16H24F2N6O2S/c17-16(18)7-5-12(6-8-16)11-23-21-15(20-22-23)13-1-3-14(4-2-13)24(26)27-19-9-10-25/h1-4,12,19,22,25-26H,5-11H2,(H,20,21). The van der Waals surface area contributed by atoms with Crippen LogP contribution < -0.4 is 20.2 Å². The van der Waals surface area contributed by atoms with E-state index in [0.717, 1.165) is 22.2 Å². The first kappa shape index (κ1) is 20.1. The summed E-state index contributed by atoms with van der Waals surface area (Å²) in [6.45, 7) is 0.942. The molecular formula is C16H24F2N6O2S. The molecule has 0 atom stereocenters. The normalized spacial score (nSPS) is 20.1. The van der Waals surface area contributed by atoms with Gasteiger partial charge in [0.15, 0.2) is 5.84 Å². The molecule has 8 nitrogen and oxygen atoms in total. The summed E-state index contributed by atoms with van der Waals surface area (Å²) in [6, 6.07) is 7.09. The molecule has 3 rings (SSSR count). The fraction of sp³-hybridized carbons (Fsp3) is 0.562. The van der Waals surface area contributed by atoms with Crippen LogP contribution in [0.2, 0.25) is 0 Å². The molecule has 1 aliphatic carbocycles. The highest BCUT2D eigenvalue weighted by Crippen LogP contribution is 2.36. The number of aliphatic hydroxyl groups excluding tert-OH is 1. The van der Waals surface area contributed by atoms with Gasteiger partial charge >= 0.3 is 0 Å². The number of hydrazone groups is 1. The van der Waals surface area contributed by atoms with E-state index < -0.39 is 5.92 Å². The van der Waals surface area contributed by atoms with Gasteiger partial charge in [0, 0.05) is 31.5 Å². The number of benzene rings is 1. The molecule has 0 unspecified atom stereocenters. The third-order valence-electron chi connectivity index (χ3n) is 4.53. The largest absolute Gasteiger partial charge is 0.395 e. The highest BCUT2D eigenvalue weighted by atomic mass is 32.2. The van der Waals surface area contributed by atoms with Crippen LogP contribution in [-0.2, 0) is 0 Å². The van der Waals surface area contributed by atoms with Gasteiger partial charge in [-0.05, 0) is 43.0 Å². The van der Waals surface area contributed by atoms with Crippen LogP contribution in [0.1, 0.15) is 31.2 Å². The first-order chi connectivity index (χ1) is 13.0. The molecule has 0 radical (unpaired) electrons. The van der Waals surface area contributed by atoms with Crippen LogP contribution in [0.25, 0.3) is 0 Å². The van der Waals surface area contributed by atoms with Gasteiger partial charge in [-0.25, -0.2) is 19.0 Å². The summed E-state index contributed by atoms with van der Waals surface area (Å²) in [5.74, 6) is -1.69. The lowest BCUT2D eigenvalue weighted by Crippen LogP contribution is -2.45. The summed E-state index contributed by atoms with van der Waals surface area (Å²) in [6.07, 6.45) is 0.906. The summed E-state index contributed by atoms with van der Waals surface area (Å²) >= 11 is 0.971. The van der Waals surface area contributed by atoms with E-state index >= 15 is 0 Å². The third kappa shape index (κ3) is 5.66. The van der Waals surface area contributed by atoms with Gasteiger partial charge < -0.3 is 5.11 Å². The van der Waals surface area contributed by atoms with Gasteiger partial charge in [0.1, 0.15) is 0 Å². The Morgan fingerprint density at radius 1 is 1.30 bits per heavy atom. The zero-order valence-corrected chi connectivity index (χ0v) is 15.6. The Labute approximate surface area is 160 Å². The maximum Gasteiger partial charge on any atom is 0.248 e. The quantitative estimate of drug-likeness (QED) is 0.255. The van der Waals surface area contributed by atoms with Crippen molar-refractivity contribution in [3.05, 3.63) is 29.8 Å². The van der Waals surface area contributed by atoms with E-state index in [1.165, 1.54) is 0 Å². The van der Waals surface area contributed by atoms with Crippen LogP contribution in [0.15, 0.2) is 29.4 Å². The number of nitrogens with zero attached hydrogens (tertiary/aromatic N) is 3. The molecule has 2 aliphatic rings. The molecule has 0 saturated heterocycles. The number of amidine groups is 1. The Morgan fingerprint density at radius 3 is 2.67 bits per heavy atom. The molecular weight excluding hydrogens is 378 g/mol. The molecule has 0 amide bonds. The maximum atomic E-state index is 13.2. The van der Waals surface area contributed by atoms with Crippen LogP contribution in [0.5, 0.6) is 0 Å². The van der Waals surface area contributed by atoms with E-state index in [9.17, 15) is 14.0 Å². The second-order valence-electron chi connectivity index (χ2n) is 6.61. The van der Waals surface area contributed by atoms with Crippen molar-refractivity contribution in [1.82, 2.24) is 20.8 Å². The van der Waals surface area contributed by atoms with Crippen LogP contribution in [0.4, 0.5) is 14.5 Å². The minimum Gasteiger partial charge on any atom is -0.395 e. The van der Waals surface area contributed by atoms with E-state index in [1.54, 1.807) is 17.3 Å². The van der Waals surface area contributed by atoms with E-state index in [0.29, 0.717) is 37.5 Å². The smallest absolute Gasteiger partial charge is 0.248 e. The number of hydrogen-bond acceptors (Lipinski definition) is 9. The Hall–Kier alpha value is -1.66. The molecule has 1 aromatic carbocycles. The van der Waals surface area contributed by atoms with Gasteiger partial charge in [-0.15, -0.1) is 10.2 Å². The minimum atomic E-state index is -2.52. The lowest BCUT2D eigenvalue weighted by atomic mass is 9.87. The maximum absolute atomic E-state index is 13.2. The summed E-state index contributed by atoms with van der Waals surface area (Å²) < 4.78 is 30.3. The van der Waals surface area contributed by atoms with Crippen molar-refractivity contribution in [3.63, 3.8) is 0 Å². The Balaban J connectivity index is 1.47. The third-order valence-corrected chi connectivity index (χ3v) is 5.24. The number of rotatable bonds is 8. The van der Waals surface area contributed by atoms with Crippen LogP contribution in [-0.4, -0.2) is 46.9 Å². The molecule has 1 fully saturated rings. The predicted octanol–water partition coefficient (Wildman–Crippen LogP) is 1.84. The molecule has 1 saturated carbocycles. The summed E-state index contributed by atoms with van der Waals surface area (Å²) in [5, 5.41) is 24.6. The topological polar surface area (TPSA) is 95.4 Å². The van der Waals surface area contributed by atoms with Gasteiger partial charge in [-0.2, -0.15) is 4.47 Å². The lowest BCUT2D eigenvalue weighted by Gasteiger charge is -2.30. The highest BCUT2D eigenvalue weighted by Gasteiger charge is 2.35. The average Bonchev–Trinajstić information content (AvgIpc) is 3.12. The van der Waals surface area contributed by atoms with Crippen molar-refractivity contribution in [2.45, 2.75) is 31.6 Å². The van der Waals surface area contributed by atoms with E-state index in [2.05, 4.69) is 20.8 Å². The van der Waals surface area contributed by atoms with Crippen molar-refractivity contribution >= 4 is 23.7 Å². The number of alkyl halides is 2. The zero-order valence-electron chi connectivity index (χ0n) is 14.7. The monoisotopic (exact) mass is 402 g/mol. The summed E-state index contributed by atoms with van der Waals surface area (Å²) in [5.41, 5.74) is 7.39. The second kappa shape index (κ2) is 9.02. The van der Waals surface area contributed by atoms with Crippen LogP contribution >= 0.6 is 12.1 Å². The Kier molecular flexibility index (Phi) is 6.71. The van der Waals surface area contributed by atoms with Crippen molar-refractivity contribution in [1.29, 1.82) is 0 Å². The van der Waals surface area contributed by atoms with Crippen molar-refractivity contribution in [2.24, 2.45) is 11.0 Å². The van der Waals surface area contributed by atoms with Crippen molar-refractivity contribution < 1.29 is 19.1 Å². The molecule has 1 aromatic rings. The first-order valence-electron chi connectivity index (χ1n) is 8.82. The molecule has 5 N–H and O–H groups in total. The number of anilines is 1. The fourth-order valence-corrected chi connectivity index (χ4v) is 3.53. The first-order valence-corrected chi connectivity index (χ1v) is 9.60. The van der Waals surface area contributed by atoms with Gasteiger partial charge in [-0.1, -0.05) is 0 Å². The molecule has 150 valence electrons. The molecule has 0 aromatic heterocycles. The van der Waals surface area contributed by atoms with E-state index in [-0.39, 0.29) is 25.4 Å². The number of hydrogen-bond donors (Lipinski definition) is 5. The number of hydrazine groups is 2. The van der Waals surface area contributed by atoms with Crippen LogP contribution in [0, 0.1) is 5.92 Å². The highest BCUT2D eigenvalue weighted by molar-refractivity contribution is 7.98. The summed E-state index contributed by atoms with van der Waals surface area (Å²) in [4.78, 5) is 0. The van der Waals surface area contributed by atoms with Crippen molar-refractivity contribution in [2.75, 3.05) is 24.2 Å². The van der Waals surface area contributed by atoms with E-state index in [1.807, 2.05) is 12.1 Å². The average molecular weight is 402 g/mol. The lowest BCUT2D eigenvalue weighted by molar-refractivity contribution is -0.0511. The van der Waals surface area contributed by atoms with Gasteiger partial charge in [0.25, 0.3) is 0 Å². The SMILES string of the molecule is OCCNSN(O)c1ccc(C2=NNN(CC3CCC(F)(F)CC3)N2)cc1. The van der Waals surface area contributed by atoms with Crippen molar-refractivity contribution in [3.8, 4) is 0 Å².